The van der Waals surface area contributed by atoms with Gasteiger partial charge in [-0.05, 0) is 51.0 Å². The Morgan fingerprint density at radius 3 is 1.25 bits per heavy atom. The molecule has 3 rings (SSSR count). The van der Waals surface area contributed by atoms with E-state index in [1.807, 2.05) is 64.1 Å². The van der Waals surface area contributed by atoms with Crippen molar-refractivity contribution in [1.29, 1.82) is 0 Å². The number of aromatic nitrogens is 4. The van der Waals surface area contributed by atoms with Crippen LogP contribution in [0.15, 0.2) is 46.6 Å². The second kappa shape index (κ2) is 8.81. The van der Waals surface area contributed by atoms with Gasteiger partial charge >= 0.3 is 0 Å². The van der Waals surface area contributed by atoms with E-state index in [0.29, 0.717) is 11.9 Å². The Morgan fingerprint density at radius 1 is 0.607 bits per heavy atom. The number of aryl methyl sites for hydroxylation is 4. The van der Waals surface area contributed by atoms with Crippen molar-refractivity contribution in [2.24, 2.45) is 10.2 Å². The Balaban J connectivity index is 1.56. The number of hydrogen-bond donors (Lipinski definition) is 2. The molecule has 2 heterocycles. The Labute approximate surface area is 163 Å². The molecule has 28 heavy (non-hydrogen) atoms. The molecule has 3 aromatic rings. The summed E-state index contributed by atoms with van der Waals surface area (Å²) in [4.78, 5) is 17.1. The fourth-order valence-corrected chi connectivity index (χ4v) is 2.55. The predicted octanol–water partition coefficient (Wildman–Crippen LogP) is 3.39. The molecule has 142 valence electrons. The quantitative estimate of drug-likeness (QED) is 0.507. The van der Waals surface area contributed by atoms with Crippen LogP contribution in [0.1, 0.15) is 33.9 Å². The van der Waals surface area contributed by atoms with Crippen molar-refractivity contribution >= 4 is 24.3 Å². The van der Waals surface area contributed by atoms with Crippen molar-refractivity contribution in [3.05, 3.63) is 70.3 Å². The standard InChI is InChI=1S/C20H22N8/c1-13-9-14(2)24-19(23-13)27-21-11-17-5-7-18(8-6-17)12-22-28-20-25-15(3)10-16(4)26-20/h5-12H,1-4H3,(H,23,24,27)(H,25,26,28)/b21-11+,22-12+. The molecule has 0 saturated carbocycles. The molecule has 0 spiro atoms. The average molecular weight is 374 g/mol. The second-order valence-corrected chi connectivity index (χ2v) is 6.36. The maximum Gasteiger partial charge on any atom is 0.243 e. The SMILES string of the molecule is Cc1cc(C)nc(N/N=C/c2ccc(/C=N/Nc3nc(C)cc(C)n3)cc2)n1. The molecule has 0 aliphatic rings. The molecule has 0 bridgehead atoms. The third kappa shape index (κ3) is 5.66. The van der Waals surface area contributed by atoms with E-state index in [9.17, 15) is 0 Å². The maximum absolute atomic E-state index is 4.28. The zero-order valence-corrected chi connectivity index (χ0v) is 16.3. The molecule has 0 atom stereocenters. The topological polar surface area (TPSA) is 100 Å². The number of hydrazone groups is 2. The highest BCUT2D eigenvalue weighted by Crippen LogP contribution is 2.05. The summed E-state index contributed by atoms with van der Waals surface area (Å²) in [5.41, 5.74) is 11.2. The minimum absolute atomic E-state index is 0.484. The lowest BCUT2D eigenvalue weighted by Crippen LogP contribution is -2.00. The Hall–Kier alpha value is -3.68. The number of rotatable bonds is 6. The predicted molar refractivity (Wildman–Crippen MR) is 112 cm³/mol. The first-order valence-corrected chi connectivity index (χ1v) is 8.81. The first kappa shape index (κ1) is 19.1. The highest BCUT2D eigenvalue weighted by molar-refractivity contribution is 5.84. The molecule has 1 aromatic carbocycles. The summed E-state index contributed by atoms with van der Waals surface area (Å²) in [6.07, 6.45) is 3.42. The maximum atomic E-state index is 4.28. The number of hydrogen-bond acceptors (Lipinski definition) is 8. The van der Waals surface area contributed by atoms with E-state index in [1.165, 1.54) is 0 Å². The van der Waals surface area contributed by atoms with Crippen molar-refractivity contribution in [2.45, 2.75) is 27.7 Å². The number of nitrogens with one attached hydrogen (secondary N) is 2. The minimum atomic E-state index is 0.484. The van der Waals surface area contributed by atoms with Crippen LogP contribution >= 0.6 is 0 Å². The molecule has 2 N–H and O–H groups in total. The summed E-state index contributed by atoms with van der Waals surface area (Å²) >= 11 is 0. The van der Waals surface area contributed by atoms with Gasteiger partial charge in [0.05, 0.1) is 12.4 Å². The van der Waals surface area contributed by atoms with E-state index in [4.69, 9.17) is 0 Å². The van der Waals surface area contributed by atoms with Crippen LogP contribution in [0.5, 0.6) is 0 Å². The fourth-order valence-electron chi connectivity index (χ4n) is 2.55. The van der Waals surface area contributed by atoms with Crippen molar-refractivity contribution in [2.75, 3.05) is 10.9 Å². The molecule has 0 fully saturated rings. The Kier molecular flexibility index (Phi) is 6.01. The van der Waals surface area contributed by atoms with E-state index in [-0.39, 0.29) is 0 Å². The molecule has 0 radical (unpaired) electrons. The van der Waals surface area contributed by atoms with Crippen LogP contribution in [0.2, 0.25) is 0 Å². The van der Waals surface area contributed by atoms with Gasteiger partial charge in [0.25, 0.3) is 0 Å². The van der Waals surface area contributed by atoms with Crippen LogP contribution in [0.25, 0.3) is 0 Å². The molecule has 0 aliphatic heterocycles. The van der Waals surface area contributed by atoms with Crippen molar-refractivity contribution in [3.8, 4) is 0 Å². The average Bonchev–Trinajstić information content (AvgIpc) is 2.61. The van der Waals surface area contributed by atoms with E-state index in [1.54, 1.807) is 12.4 Å². The zero-order valence-electron chi connectivity index (χ0n) is 16.3. The molecule has 0 aliphatic carbocycles. The summed E-state index contributed by atoms with van der Waals surface area (Å²) < 4.78 is 0. The van der Waals surface area contributed by atoms with Gasteiger partial charge in [0.1, 0.15) is 0 Å². The van der Waals surface area contributed by atoms with Gasteiger partial charge in [0.2, 0.25) is 11.9 Å². The molecule has 0 unspecified atom stereocenters. The van der Waals surface area contributed by atoms with E-state index in [0.717, 1.165) is 33.9 Å². The van der Waals surface area contributed by atoms with Gasteiger partial charge in [-0.2, -0.15) is 10.2 Å². The molecule has 8 nitrogen and oxygen atoms in total. The molecular formula is C20H22N8. The van der Waals surface area contributed by atoms with Crippen LogP contribution < -0.4 is 10.9 Å². The van der Waals surface area contributed by atoms with E-state index in [2.05, 4.69) is 41.0 Å². The first-order valence-electron chi connectivity index (χ1n) is 8.81. The highest BCUT2D eigenvalue weighted by atomic mass is 15.4. The second-order valence-electron chi connectivity index (χ2n) is 6.36. The van der Waals surface area contributed by atoms with E-state index >= 15 is 0 Å². The molecule has 0 amide bonds. The largest absolute Gasteiger partial charge is 0.245 e. The van der Waals surface area contributed by atoms with Gasteiger partial charge in [-0.25, -0.2) is 30.8 Å². The smallest absolute Gasteiger partial charge is 0.243 e. The third-order valence-electron chi connectivity index (χ3n) is 3.66. The summed E-state index contributed by atoms with van der Waals surface area (Å²) in [7, 11) is 0. The van der Waals surface area contributed by atoms with Crippen molar-refractivity contribution in [1.82, 2.24) is 19.9 Å². The van der Waals surface area contributed by atoms with Crippen LogP contribution in [-0.2, 0) is 0 Å². The lowest BCUT2D eigenvalue weighted by Gasteiger charge is -2.02. The van der Waals surface area contributed by atoms with Crippen LogP contribution in [-0.4, -0.2) is 32.4 Å². The fraction of sp³-hybridized carbons (Fsp3) is 0.200. The zero-order chi connectivity index (χ0) is 19.9. The normalized spacial score (nSPS) is 11.3. The van der Waals surface area contributed by atoms with Gasteiger partial charge in [0, 0.05) is 22.8 Å². The Morgan fingerprint density at radius 2 is 0.929 bits per heavy atom. The van der Waals surface area contributed by atoms with Gasteiger partial charge < -0.3 is 0 Å². The van der Waals surface area contributed by atoms with Crippen molar-refractivity contribution in [3.63, 3.8) is 0 Å². The van der Waals surface area contributed by atoms with Crippen molar-refractivity contribution < 1.29 is 0 Å². The number of anilines is 2. The van der Waals surface area contributed by atoms with Gasteiger partial charge in [-0.3, -0.25) is 0 Å². The number of nitrogens with zero attached hydrogens (tertiary/aromatic N) is 6. The minimum Gasteiger partial charge on any atom is -0.245 e. The van der Waals surface area contributed by atoms with Crippen LogP contribution in [0, 0.1) is 27.7 Å². The summed E-state index contributed by atoms with van der Waals surface area (Å²) in [6, 6.07) is 11.6. The van der Waals surface area contributed by atoms with Gasteiger partial charge in [-0.15, -0.1) is 0 Å². The highest BCUT2D eigenvalue weighted by Gasteiger charge is 1.98. The summed E-state index contributed by atoms with van der Waals surface area (Å²) in [5.74, 6) is 0.967. The van der Waals surface area contributed by atoms with Crippen LogP contribution in [0.4, 0.5) is 11.9 Å². The van der Waals surface area contributed by atoms with E-state index < -0.39 is 0 Å². The first-order chi connectivity index (χ1) is 13.5. The van der Waals surface area contributed by atoms with Gasteiger partial charge in [0.15, 0.2) is 0 Å². The van der Waals surface area contributed by atoms with Crippen LogP contribution in [0.3, 0.4) is 0 Å². The molecule has 8 heteroatoms. The Bertz CT molecular complexity index is 886. The lowest BCUT2D eigenvalue weighted by molar-refractivity contribution is 1.03. The monoisotopic (exact) mass is 374 g/mol. The summed E-state index contributed by atoms with van der Waals surface area (Å²) in [5, 5.41) is 8.36. The lowest BCUT2D eigenvalue weighted by atomic mass is 10.2. The molecular weight excluding hydrogens is 352 g/mol. The molecule has 0 saturated heterocycles. The number of benzene rings is 1. The molecule has 2 aromatic heterocycles. The summed E-state index contributed by atoms with van der Waals surface area (Å²) in [6.45, 7) is 7.69. The van der Waals surface area contributed by atoms with Gasteiger partial charge in [-0.1, -0.05) is 24.3 Å². The third-order valence-corrected chi connectivity index (χ3v) is 3.66.